The molecular weight excluding hydrogens is 236 g/mol. The molecule has 0 unspecified atom stereocenters. The maximum Gasteiger partial charge on any atom is 0.241 e. The fourth-order valence-electron chi connectivity index (χ4n) is 1.97. The molecule has 17 heavy (non-hydrogen) atoms. The lowest BCUT2D eigenvalue weighted by Crippen LogP contribution is -2.27. The van der Waals surface area contributed by atoms with Crippen LogP contribution in [0, 0.1) is 20.8 Å². The van der Waals surface area contributed by atoms with Gasteiger partial charge in [0.1, 0.15) is 0 Å². The minimum Gasteiger partial charge on any atom is -0.330 e. The van der Waals surface area contributed by atoms with Crippen LogP contribution in [0.1, 0.15) is 23.1 Å². The Morgan fingerprint density at radius 3 is 2.18 bits per heavy atom. The van der Waals surface area contributed by atoms with E-state index < -0.39 is 10.0 Å². The first-order valence-electron chi connectivity index (χ1n) is 5.66. The van der Waals surface area contributed by atoms with Crippen molar-refractivity contribution >= 4 is 10.0 Å². The second-order valence-corrected chi connectivity index (χ2v) is 5.97. The molecule has 0 bridgehead atoms. The molecule has 0 fully saturated rings. The lowest BCUT2D eigenvalue weighted by molar-refractivity contribution is 0.578. The summed E-state index contributed by atoms with van der Waals surface area (Å²) >= 11 is 0. The largest absolute Gasteiger partial charge is 0.330 e. The highest BCUT2D eigenvalue weighted by molar-refractivity contribution is 7.89. The lowest BCUT2D eigenvalue weighted by atomic mass is 10.1. The van der Waals surface area contributed by atoms with Crippen LogP contribution in [0.5, 0.6) is 0 Å². The number of hydrogen-bond acceptors (Lipinski definition) is 3. The Morgan fingerprint density at radius 1 is 1.18 bits per heavy atom. The van der Waals surface area contributed by atoms with Crippen LogP contribution in [0.3, 0.4) is 0 Å². The normalized spacial score (nSPS) is 11.8. The minimum absolute atomic E-state index is 0.381. The predicted molar refractivity (Wildman–Crippen MR) is 69.5 cm³/mol. The van der Waals surface area contributed by atoms with Crippen LogP contribution in [-0.2, 0) is 10.0 Å². The van der Waals surface area contributed by atoms with Crippen LogP contribution in [0.2, 0.25) is 0 Å². The maximum atomic E-state index is 12.1. The van der Waals surface area contributed by atoms with Crippen LogP contribution in [0.4, 0.5) is 0 Å². The van der Waals surface area contributed by atoms with E-state index in [1.807, 2.05) is 32.9 Å². The smallest absolute Gasteiger partial charge is 0.241 e. The topological polar surface area (TPSA) is 72.2 Å². The molecule has 3 N–H and O–H groups in total. The number of rotatable bonds is 5. The first-order valence-corrected chi connectivity index (χ1v) is 7.14. The Bertz CT molecular complexity index is 472. The summed E-state index contributed by atoms with van der Waals surface area (Å²) in [6.07, 6.45) is 0.642. The monoisotopic (exact) mass is 256 g/mol. The number of nitrogens with two attached hydrogens (primary N) is 1. The van der Waals surface area contributed by atoms with Gasteiger partial charge in [0.15, 0.2) is 0 Å². The first-order chi connectivity index (χ1) is 7.88. The molecule has 4 nitrogen and oxygen atoms in total. The molecule has 0 spiro atoms. The molecule has 0 heterocycles. The van der Waals surface area contributed by atoms with Gasteiger partial charge < -0.3 is 5.73 Å². The summed E-state index contributed by atoms with van der Waals surface area (Å²) in [5.74, 6) is 0. The Balaban J connectivity index is 3.07. The maximum absolute atomic E-state index is 12.1. The summed E-state index contributed by atoms with van der Waals surface area (Å²) in [7, 11) is -3.42. The van der Waals surface area contributed by atoms with Crippen LogP contribution < -0.4 is 10.5 Å². The molecular formula is C12H20N2O2S. The molecule has 5 heteroatoms. The van der Waals surface area contributed by atoms with Crippen molar-refractivity contribution in [2.45, 2.75) is 32.1 Å². The molecule has 0 saturated heterocycles. The summed E-state index contributed by atoms with van der Waals surface area (Å²) in [6, 6.07) is 3.76. The summed E-state index contributed by atoms with van der Waals surface area (Å²) in [5.41, 5.74) is 7.97. The van der Waals surface area contributed by atoms with E-state index in [9.17, 15) is 8.42 Å². The highest BCUT2D eigenvalue weighted by atomic mass is 32.2. The van der Waals surface area contributed by atoms with Gasteiger partial charge in [0.25, 0.3) is 0 Å². The van der Waals surface area contributed by atoms with Crippen molar-refractivity contribution in [2.75, 3.05) is 13.1 Å². The van der Waals surface area contributed by atoms with Crippen molar-refractivity contribution in [1.29, 1.82) is 0 Å². The molecule has 1 aromatic carbocycles. The zero-order chi connectivity index (χ0) is 13.1. The third-order valence-electron chi connectivity index (χ3n) is 2.55. The minimum atomic E-state index is -3.42. The summed E-state index contributed by atoms with van der Waals surface area (Å²) in [6.45, 7) is 6.45. The number of sulfonamides is 1. The molecule has 0 atom stereocenters. The fraction of sp³-hybridized carbons (Fsp3) is 0.500. The summed E-state index contributed by atoms with van der Waals surface area (Å²) < 4.78 is 26.8. The predicted octanol–water partition coefficient (Wildman–Crippen LogP) is 1.24. The van der Waals surface area contributed by atoms with Crippen LogP contribution >= 0.6 is 0 Å². The Hall–Kier alpha value is -0.910. The second-order valence-electron chi connectivity index (χ2n) is 4.27. The van der Waals surface area contributed by atoms with Crippen LogP contribution in [0.25, 0.3) is 0 Å². The standard InChI is InChI=1S/C12H20N2O2S/c1-9-7-10(2)12(11(3)8-9)17(15,16)14-6-4-5-13/h7-8,14H,4-6,13H2,1-3H3. The Kier molecular flexibility index (Phi) is 4.68. The first kappa shape index (κ1) is 14.2. The SMILES string of the molecule is Cc1cc(C)c(S(=O)(=O)NCCCN)c(C)c1. The summed E-state index contributed by atoms with van der Waals surface area (Å²) in [5, 5.41) is 0. The van der Waals surface area contributed by atoms with Crippen molar-refractivity contribution in [3.8, 4) is 0 Å². The third-order valence-corrected chi connectivity index (χ3v) is 4.31. The van der Waals surface area contributed by atoms with E-state index in [0.717, 1.165) is 16.7 Å². The van der Waals surface area contributed by atoms with E-state index in [2.05, 4.69) is 4.72 Å². The van der Waals surface area contributed by atoms with Crippen molar-refractivity contribution in [3.05, 3.63) is 28.8 Å². The Morgan fingerprint density at radius 2 is 1.71 bits per heavy atom. The van der Waals surface area contributed by atoms with Gasteiger partial charge in [0.05, 0.1) is 4.90 Å². The highest BCUT2D eigenvalue weighted by Gasteiger charge is 2.18. The molecule has 0 aliphatic rings. The van der Waals surface area contributed by atoms with Crippen LogP contribution in [0.15, 0.2) is 17.0 Å². The van der Waals surface area contributed by atoms with Crippen LogP contribution in [-0.4, -0.2) is 21.5 Å². The van der Waals surface area contributed by atoms with Gasteiger partial charge in [-0.05, 0) is 44.9 Å². The molecule has 0 aliphatic heterocycles. The number of nitrogens with one attached hydrogen (secondary N) is 1. The van der Waals surface area contributed by atoms with Gasteiger partial charge in [-0.15, -0.1) is 0 Å². The third kappa shape index (κ3) is 3.52. The molecule has 0 aromatic heterocycles. The number of aryl methyl sites for hydroxylation is 3. The molecule has 96 valence electrons. The molecule has 1 rings (SSSR count). The van der Waals surface area contributed by atoms with E-state index in [1.54, 1.807) is 0 Å². The van der Waals surface area contributed by atoms with E-state index in [1.165, 1.54) is 0 Å². The number of hydrogen-bond donors (Lipinski definition) is 2. The van der Waals surface area contributed by atoms with Crippen molar-refractivity contribution < 1.29 is 8.42 Å². The van der Waals surface area contributed by atoms with E-state index in [4.69, 9.17) is 5.73 Å². The van der Waals surface area contributed by atoms with Gasteiger partial charge in [0, 0.05) is 6.54 Å². The van der Waals surface area contributed by atoms with E-state index in [-0.39, 0.29) is 0 Å². The van der Waals surface area contributed by atoms with Gasteiger partial charge in [-0.25, -0.2) is 13.1 Å². The van der Waals surface area contributed by atoms with Gasteiger partial charge in [-0.1, -0.05) is 17.7 Å². The quantitative estimate of drug-likeness (QED) is 0.779. The van der Waals surface area contributed by atoms with E-state index >= 15 is 0 Å². The van der Waals surface area contributed by atoms with E-state index in [0.29, 0.717) is 24.4 Å². The summed E-state index contributed by atoms with van der Waals surface area (Å²) in [4.78, 5) is 0.389. The van der Waals surface area contributed by atoms with Crippen molar-refractivity contribution in [2.24, 2.45) is 5.73 Å². The zero-order valence-corrected chi connectivity index (χ0v) is 11.4. The van der Waals surface area contributed by atoms with Gasteiger partial charge >= 0.3 is 0 Å². The fourth-order valence-corrected chi connectivity index (χ4v) is 3.49. The van der Waals surface area contributed by atoms with Crippen molar-refractivity contribution in [3.63, 3.8) is 0 Å². The highest BCUT2D eigenvalue weighted by Crippen LogP contribution is 2.21. The van der Waals surface area contributed by atoms with Crippen molar-refractivity contribution in [1.82, 2.24) is 4.72 Å². The van der Waals surface area contributed by atoms with Gasteiger partial charge in [-0.2, -0.15) is 0 Å². The van der Waals surface area contributed by atoms with Gasteiger partial charge in [0.2, 0.25) is 10.0 Å². The Labute approximate surface area is 103 Å². The average Bonchev–Trinajstić information content (AvgIpc) is 2.15. The molecule has 0 aliphatic carbocycles. The van der Waals surface area contributed by atoms with Gasteiger partial charge in [-0.3, -0.25) is 0 Å². The molecule has 0 amide bonds. The molecule has 1 aromatic rings. The second kappa shape index (κ2) is 5.62. The zero-order valence-electron chi connectivity index (χ0n) is 10.6. The number of benzene rings is 1. The average molecular weight is 256 g/mol. The molecule has 0 saturated carbocycles. The molecule has 0 radical (unpaired) electrons. The lowest BCUT2D eigenvalue weighted by Gasteiger charge is -2.12.